The molecule has 0 fully saturated rings. The lowest BCUT2D eigenvalue weighted by Crippen LogP contribution is -1.82. The summed E-state index contributed by atoms with van der Waals surface area (Å²) >= 11 is 0. The zero-order valence-corrected chi connectivity index (χ0v) is 12.3. The zero-order valence-electron chi connectivity index (χ0n) is 12.3. The van der Waals surface area contributed by atoms with Crippen LogP contribution in [0.5, 0.6) is 23.0 Å². The van der Waals surface area contributed by atoms with Gasteiger partial charge in [0.05, 0.1) is 12.5 Å². The molecule has 6 heteroatoms. The van der Waals surface area contributed by atoms with Gasteiger partial charge in [0.2, 0.25) is 0 Å². The number of azo groups is 1. The standard InChI is InChI=1S/C17H14N2O4/c1-23-15-9-11(20)6-8-12(15)18-19-13-7-5-10-3-2-4-14(21)16(10)17(13)22/h2-9,20-22H,1H3. The van der Waals surface area contributed by atoms with Gasteiger partial charge < -0.3 is 20.1 Å². The second kappa shape index (κ2) is 5.84. The average molecular weight is 310 g/mol. The third kappa shape index (κ3) is 2.74. The van der Waals surface area contributed by atoms with Crippen molar-refractivity contribution >= 4 is 22.1 Å². The third-order valence-electron chi connectivity index (χ3n) is 3.40. The Kier molecular flexibility index (Phi) is 3.72. The van der Waals surface area contributed by atoms with E-state index in [9.17, 15) is 15.3 Å². The molecule has 0 unspecified atom stereocenters. The van der Waals surface area contributed by atoms with E-state index in [2.05, 4.69) is 10.2 Å². The van der Waals surface area contributed by atoms with Crippen molar-refractivity contribution in [1.29, 1.82) is 0 Å². The van der Waals surface area contributed by atoms with E-state index in [0.29, 0.717) is 22.2 Å². The minimum Gasteiger partial charge on any atom is -0.508 e. The molecule has 3 aromatic carbocycles. The van der Waals surface area contributed by atoms with Gasteiger partial charge in [0.15, 0.2) is 5.75 Å². The van der Waals surface area contributed by atoms with Crippen LogP contribution in [-0.4, -0.2) is 22.4 Å². The van der Waals surface area contributed by atoms with E-state index in [1.165, 1.54) is 25.3 Å². The molecule has 0 spiro atoms. The Hall–Kier alpha value is -3.28. The fraction of sp³-hybridized carbons (Fsp3) is 0.0588. The quantitative estimate of drug-likeness (QED) is 0.626. The number of methoxy groups -OCH3 is 1. The van der Waals surface area contributed by atoms with Crippen LogP contribution in [-0.2, 0) is 0 Å². The minimum atomic E-state index is -0.151. The summed E-state index contributed by atoms with van der Waals surface area (Å²) in [5, 5.41) is 38.7. The number of phenolic OH excluding ortho intramolecular Hbond substituents is 3. The van der Waals surface area contributed by atoms with E-state index in [4.69, 9.17) is 4.74 Å². The summed E-state index contributed by atoms with van der Waals surface area (Å²) in [4.78, 5) is 0. The van der Waals surface area contributed by atoms with Crippen LogP contribution in [0.1, 0.15) is 0 Å². The highest BCUT2D eigenvalue weighted by Gasteiger charge is 2.10. The predicted molar refractivity (Wildman–Crippen MR) is 86.1 cm³/mol. The smallest absolute Gasteiger partial charge is 0.154 e. The van der Waals surface area contributed by atoms with Crippen LogP contribution in [0, 0.1) is 0 Å². The molecule has 3 aromatic rings. The molecule has 6 nitrogen and oxygen atoms in total. The summed E-state index contributed by atoms with van der Waals surface area (Å²) in [7, 11) is 1.46. The van der Waals surface area contributed by atoms with Crippen LogP contribution in [0.4, 0.5) is 11.4 Å². The monoisotopic (exact) mass is 310 g/mol. The maximum Gasteiger partial charge on any atom is 0.154 e. The van der Waals surface area contributed by atoms with Crippen molar-refractivity contribution in [3.63, 3.8) is 0 Å². The van der Waals surface area contributed by atoms with Crippen LogP contribution >= 0.6 is 0 Å². The van der Waals surface area contributed by atoms with Gasteiger partial charge in [0.1, 0.15) is 28.6 Å². The molecule has 0 bridgehead atoms. The first kappa shape index (κ1) is 14.6. The highest BCUT2D eigenvalue weighted by Crippen LogP contribution is 2.40. The van der Waals surface area contributed by atoms with E-state index in [1.807, 2.05) is 0 Å². The molecule has 0 aliphatic heterocycles. The summed E-state index contributed by atoms with van der Waals surface area (Å²) < 4.78 is 5.12. The maximum absolute atomic E-state index is 10.3. The predicted octanol–water partition coefficient (Wildman–Crippen LogP) is 4.38. The molecule has 0 radical (unpaired) electrons. The highest BCUT2D eigenvalue weighted by molar-refractivity contribution is 5.96. The van der Waals surface area contributed by atoms with E-state index < -0.39 is 0 Å². The van der Waals surface area contributed by atoms with Crippen LogP contribution in [0.3, 0.4) is 0 Å². The van der Waals surface area contributed by atoms with E-state index in [0.717, 1.165) is 0 Å². The number of ether oxygens (including phenoxy) is 1. The van der Waals surface area contributed by atoms with Gasteiger partial charge >= 0.3 is 0 Å². The van der Waals surface area contributed by atoms with E-state index >= 15 is 0 Å². The largest absolute Gasteiger partial charge is 0.508 e. The first-order chi connectivity index (χ1) is 11.1. The number of rotatable bonds is 3. The Morgan fingerprint density at radius 1 is 0.870 bits per heavy atom. The number of benzene rings is 3. The van der Waals surface area contributed by atoms with Crippen molar-refractivity contribution in [2.24, 2.45) is 10.2 Å². The number of phenols is 3. The van der Waals surface area contributed by atoms with Gasteiger partial charge in [0, 0.05) is 6.07 Å². The van der Waals surface area contributed by atoms with Gasteiger partial charge in [0.25, 0.3) is 0 Å². The van der Waals surface area contributed by atoms with Crippen LogP contribution in [0.25, 0.3) is 10.8 Å². The second-order valence-corrected chi connectivity index (χ2v) is 4.86. The fourth-order valence-corrected chi connectivity index (χ4v) is 2.27. The number of nitrogens with zero attached hydrogens (tertiary/aromatic N) is 2. The Morgan fingerprint density at radius 2 is 1.61 bits per heavy atom. The molecule has 0 atom stereocenters. The third-order valence-corrected chi connectivity index (χ3v) is 3.40. The lowest BCUT2D eigenvalue weighted by atomic mass is 10.1. The van der Waals surface area contributed by atoms with Crippen LogP contribution in [0.2, 0.25) is 0 Å². The van der Waals surface area contributed by atoms with Crippen molar-refractivity contribution < 1.29 is 20.1 Å². The van der Waals surface area contributed by atoms with E-state index in [1.54, 1.807) is 30.3 Å². The number of hydrogen-bond donors (Lipinski definition) is 3. The van der Waals surface area contributed by atoms with Gasteiger partial charge in [-0.1, -0.05) is 18.2 Å². The molecule has 116 valence electrons. The molecule has 0 amide bonds. The fourth-order valence-electron chi connectivity index (χ4n) is 2.27. The molecule has 0 heterocycles. The molecule has 0 aliphatic rings. The van der Waals surface area contributed by atoms with Crippen molar-refractivity contribution in [3.8, 4) is 23.0 Å². The Labute approximate surface area is 131 Å². The summed E-state index contributed by atoms with van der Waals surface area (Å²) in [6.07, 6.45) is 0. The Bertz CT molecular complexity index is 906. The van der Waals surface area contributed by atoms with Gasteiger partial charge in [-0.2, -0.15) is 0 Å². The molecular formula is C17H14N2O4. The highest BCUT2D eigenvalue weighted by atomic mass is 16.5. The lowest BCUT2D eigenvalue weighted by Gasteiger charge is -2.06. The van der Waals surface area contributed by atoms with Crippen molar-refractivity contribution in [2.45, 2.75) is 0 Å². The molecule has 0 aromatic heterocycles. The molecular weight excluding hydrogens is 296 g/mol. The first-order valence-corrected chi connectivity index (χ1v) is 6.82. The van der Waals surface area contributed by atoms with Gasteiger partial charge in [-0.15, -0.1) is 10.2 Å². The normalized spacial score (nSPS) is 11.2. The van der Waals surface area contributed by atoms with Crippen molar-refractivity contribution in [2.75, 3.05) is 7.11 Å². The molecule has 3 rings (SSSR count). The Morgan fingerprint density at radius 3 is 2.39 bits per heavy atom. The minimum absolute atomic E-state index is 0.0285. The summed E-state index contributed by atoms with van der Waals surface area (Å²) in [5.74, 6) is 0.234. The first-order valence-electron chi connectivity index (χ1n) is 6.82. The summed E-state index contributed by atoms with van der Waals surface area (Å²) in [6, 6.07) is 12.7. The van der Waals surface area contributed by atoms with Crippen LogP contribution in [0.15, 0.2) is 58.8 Å². The SMILES string of the molecule is COc1cc(O)ccc1N=Nc1ccc2cccc(O)c2c1O. The van der Waals surface area contributed by atoms with Gasteiger partial charge in [-0.05, 0) is 29.7 Å². The van der Waals surface area contributed by atoms with Crippen molar-refractivity contribution in [1.82, 2.24) is 0 Å². The second-order valence-electron chi connectivity index (χ2n) is 4.86. The molecule has 0 saturated carbocycles. The lowest BCUT2D eigenvalue weighted by molar-refractivity contribution is 0.408. The van der Waals surface area contributed by atoms with Gasteiger partial charge in [-0.25, -0.2) is 0 Å². The van der Waals surface area contributed by atoms with Crippen LogP contribution < -0.4 is 4.74 Å². The summed E-state index contributed by atoms with van der Waals surface area (Å²) in [6.45, 7) is 0. The average Bonchev–Trinajstić information content (AvgIpc) is 2.55. The topological polar surface area (TPSA) is 94.6 Å². The number of fused-ring (bicyclic) bond motifs is 1. The Balaban J connectivity index is 2.05. The van der Waals surface area contributed by atoms with Crippen molar-refractivity contribution in [3.05, 3.63) is 48.5 Å². The van der Waals surface area contributed by atoms with E-state index in [-0.39, 0.29) is 22.9 Å². The summed E-state index contributed by atoms with van der Waals surface area (Å²) in [5.41, 5.74) is 0.621. The molecule has 23 heavy (non-hydrogen) atoms. The number of aromatic hydroxyl groups is 3. The molecule has 3 N–H and O–H groups in total. The maximum atomic E-state index is 10.3. The zero-order chi connectivity index (χ0) is 16.4. The molecule has 0 saturated heterocycles. The van der Waals surface area contributed by atoms with Gasteiger partial charge in [-0.3, -0.25) is 0 Å². The number of hydrogen-bond acceptors (Lipinski definition) is 6. The molecule has 0 aliphatic carbocycles.